The number of unbranched alkanes of at least 4 members (excludes halogenated alkanes) is 1. The zero-order valence-electron chi connectivity index (χ0n) is 20.3. The van der Waals surface area contributed by atoms with E-state index in [2.05, 4.69) is 36.8 Å². The third kappa shape index (κ3) is 6.84. The van der Waals surface area contributed by atoms with Gasteiger partial charge in [-0.05, 0) is 56.7 Å². The van der Waals surface area contributed by atoms with Gasteiger partial charge in [0.15, 0.2) is 11.3 Å². The van der Waals surface area contributed by atoms with Crippen LogP contribution in [0, 0.1) is 0 Å². The first-order chi connectivity index (χ1) is 17.4. The Labute approximate surface area is 208 Å². The highest BCUT2D eigenvalue weighted by molar-refractivity contribution is 5.87. The number of hydrogen-bond acceptors (Lipinski definition) is 8. The minimum Gasteiger partial charge on any atom is -0.480 e. The zero-order valence-corrected chi connectivity index (χ0v) is 20.3. The third-order valence-corrected chi connectivity index (χ3v) is 6.27. The summed E-state index contributed by atoms with van der Waals surface area (Å²) >= 11 is 0. The number of carbonyl (C=O) groups is 1. The van der Waals surface area contributed by atoms with Gasteiger partial charge < -0.3 is 15.7 Å². The number of halogens is 2. The Morgan fingerprint density at radius 1 is 1.28 bits per heavy atom. The minimum atomic E-state index is -2.50. The molecule has 0 aromatic carbocycles. The lowest BCUT2D eigenvalue weighted by Crippen LogP contribution is -2.37. The highest BCUT2D eigenvalue weighted by atomic mass is 19.3. The van der Waals surface area contributed by atoms with Gasteiger partial charge in [0.1, 0.15) is 23.7 Å². The van der Waals surface area contributed by atoms with Gasteiger partial charge in [0, 0.05) is 25.8 Å². The van der Waals surface area contributed by atoms with Crippen LogP contribution < -0.4 is 10.6 Å². The molecule has 1 aliphatic rings. The predicted molar refractivity (Wildman–Crippen MR) is 132 cm³/mol. The second kappa shape index (κ2) is 12.0. The molecule has 0 saturated carbocycles. The Morgan fingerprint density at radius 2 is 2.14 bits per heavy atom. The molecule has 1 aliphatic heterocycles. The van der Waals surface area contributed by atoms with Crippen molar-refractivity contribution in [1.29, 1.82) is 0 Å². The van der Waals surface area contributed by atoms with Crippen LogP contribution in [-0.2, 0) is 24.7 Å². The molecule has 0 spiro atoms. The van der Waals surface area contributed by atoms with Crippen LogP contribution in [0.15, 0.2) is 24.7 Å². The summed E-state index contributed by atoms with van der Waals surface area (Å²) in [5.41, 5.74) is 3.27. The SMILES string of the molecule is Cn1cc2ncnc(N[C@@H](CCN(CCCCc3ccc4c(n3)NCCC4)CC(F)F)C(=O)O)c2n1. The van der Waals surface area contributed by atoms with Crippen LogP contribution in [-0.4, -0.2) is 79.4 Å². The molecule has 1 atom stereocenters. The van der Waals surface area contributed by atoms with Gasteiger partial charge in [-0.1, -0.05) is 6.07 Å². The second-order valence-electron chi connectivity index (χ2n) is 9.07. The van der Waals surface area contributed by atoms with Crippen molar-refractivity contribution in [3.63, 3.8) is 0 Å². The number of aliphatic carboxylic acids is 1. The summed E-state index contributed by atoms with van der Waals surface area (Å²) < 4.78 is 28.0. The molecule has 0 amide bonds. The fourth-order valence-corrected chi connectivity index (χ4v) is 4.43. The highest BCUT2D eigenvalue weighted by Gasteiger charge is 2.22. The Balaban J connectivity index is 1.30. The first-order valence-electron chi connectivity index (χ1n) is 12.3. The number of pyridine rings is 1. The van der Waals surface area contributed by atoms with Crippen molar-refractivity contribution >= 4 is 28.6 Å². The molecule has 3 aromatic rings. The number of anilines is 2. The highest BCUT2D eigenvalue weighted by Crippen LogP contribution is 2.21. The Hall–Kier alpha value is -3.41. The molecule has 12 heteroatoms. The van der Waals surface area contributed by atoms with Crippen LogP contribution in [0.4, 0.5) is 20.4 Å². The van der Waals surface area contributed by atoms with E-state index in [-0.39, 0.29) is 13.0 Å². The summed E-state index contributed by atoms with van der Waals surface area (Å²) in [6, 6.07) is 3.15. The molecule has 194 valence electrons. The van der Waals surface area contributed by atoms with Gasteiger partial charge >= 0.3 is 5.97 Å². The van der Waals surface area contributed by atoms with E-state index >= 15 is 0 Å². The number of carboxylic acid groups (broad SMARTS) is 1. The van der Waals surface area contributed by atoms with E-state index in [0.29, 0.717) is 29.8 Å². The molecule has 4 heterocycles. The number of nitrogens with zero attached hydrogens (tertiary/aromatic N) is 6. The monoisotopic (exact) mass is 502 g/mol. The van der Waals surface area contributed by atoms with E-state index in [1.807, 2.05) is 6.07 Å². The van der Waals surface area contributed by atoms with Crippen molar-refractivity contribution in [2.75, 3.05) is 36.8 Å². The van der Waals surface area contributed by atoms with E-state index in [4.69, 9.17) is 0 Å². The molecular weight excluding hydrogens is 470 g/mol. The van der Waals surface area contributed by atoms with Crippen LogP contribution in [0.3, 0.4) is 0 Å². The molecule has 0 bridgehead atoms. The Kier molecular flexibility index (Phi) is 8.57. The van der Waals surface area contributed by atoms with Crippen LogP contribution in [0.1, 0.15) is 36.9 Å². The van der Waals surface area contributed by atoms with Gasteiger partial charge in [0.05, 0.1) is 12.7 Å². The number of nitrogens with one attached hydrogen (secondary N) is 2. The maximum atomic E-state index is 13.2. The number of aromatic nitrogens is 5. The Morgan fingerprint density at radius 3 is 2.94 bits per heavy atom. The topological polar surface area (TPSA) is 121 Å². The van der Waals surface area contributed by atoms with E-state index in [1.165, 1.54) is 11.9 Å². The smallest absolute Gasteiger partial charge is 0.326 e. The van der Waals surface area contributed by atoms with Crippen molar-refractivity contribution in [1.82, 2.24) is 29.6 Å². The Bertz CT molecular complexity index is 1170. The number of fused-ring (bicyclic) bond motifs is 2. The normalized spacial score (nSPS) is 14.1. The summed E-state index contributed by atoms with van der Waals surface area (Å²) in [5, 5.41) is 20.2. The quantitative estimate of drug-likeness (QED) is 0.303. The molecule has 4 rings (SSSR count). The van der Waals surface area contributed by atoms with Crippen LogP contribution >= 0.6 is 0 Å². The number of hydrogen-bond donors (Lipinski definition) is 3. The van der Waals surface area contributed by atoms with Gasteiger partial charge in [-0.15, -0.1) is 0 Å². The molecule has 3 N–H and O–H groups in total. The van der Waals surface area contributed by atoms with E-state index in [1.54, 1.807) is 22.8 Å². The van der Waals surface area contributed by atoms with Crippen molar-refractivity contribution in [3.05, 3.63) is 35.9 Å². The van der Waals surface area contributed by atoms with Gasteiger partial charge in [-0.25, -0.2) is 28.5 Å². The summed E-state index contributed by atoms with van der Waals surface area (Å²) in [6.07, 6.45) is 5.12. The van der Waals surface area contributed by atoms with E-state index < -0.39 is 25.0 Å². The lowest BCUT2D eigenvalue weighted by Gasteiger charge is -2.24. The second-order valence-corrected chi connectivity index (χ2v) is 9.07. The molecule has 0 aliphatic carbocycles. The minimum absolute atomic E-state index is 0.137. The summed E-state index contributed by atoms with van der Waals surface area (Å²) in [5.74, 6) is 0.180. The summed E-state index contributed by atoms with van der Waals surface area (Å²) in [7, 11) is 1.74. The van der Waals surface area contributed by atoms with Crippen LogP contribution in [0.2, 0.25) is 0 Å². The fraction of sp³-hybridized carbons (Fsp3) is 0.542. The summed E-state index contributed by atoms with van der Waals surface area (Å²) in [4.78, 5) is 26.5. The fourth-order valence-electron chi connectivity index (χ4n) is 4.43. The lowest BCUT2D eigenvalue weighted by molar-refractivity contribution is -0.138. The standard InChI is InChI=1S/C24H32F2N8O2/c1-33-13-19-21(32-33)23(29-15-28-19)31-18(24(35)36)9-12-34(14-20(25)26)11-3-2-6-17-8-7-16-5-4-10-27-22(16)30-17/h7-8,13,15,18,20H,2-6,9-12,14H2,1H3,(H,27,30)(H,35,36)(H,28,29,31)/t18-/m0/s1. The van der Waals surface area contributed by atoms with Crippen molar-refractivity contribution in [2.45, 2.75) is 51.0 Å². The average Bonchev–Trinajstić information content (AvgIpc) is 3.24. The molecule has 3 aromatic heterocycles. The van der Waals surface area contributed by atoms with Crippen molar-refractivity contribution in [3.8, 4) is 0 Å². The predicted octanol–water partition coefficient (Wildman–Crippen LogP) is 2.96. The van der Waals surface area contributed by atoms with Gasteiger partial charge in [-0.2, -0.15) is 5.10 Å². The number of rotatable bonds is 13. The van der Waals surface area contributed by atoms with Crippen molar-refractivity contribution in [2.24, 2.45) is 7.05 Å². The molecule has 36 heavy (non-hydrogen) atoms. The molecule has 0 unspecified atom stereocenters. The first-order valence-corrected chi connectivity index (χ1v) is 12.3. The number of carboxylic acids is 1. The van der Waals surface area contributed by atoms with Gasteiger partial charge in [0.2, 0.25) is 0 Å². The van der Waals surface area contributed by atoms with Gasteiger partial charge in [0.25, 0.3) is 6.43 Å². The number of alkyl halides is 2. The maximum absolute atomic E-state index is 13.2. The van der Waals surface area contributed by atoms with Gasteiger partial charge in [-0.3, -0.25) is 9.58 Å². The van der Waals surface area contributed by atoms with Crippen LogP contribution in [0.25, 0.3) is 11.0 Å². The molecule has 0 saturated heterocycles. The maximum Gasteiger partial charge on any atom is 0.326 e. The first kappa shape index (κ1) is 25.7. The summed E-state index contributed by atoms with van der Waals surface area (Å²) in [6.45, 7) is 1.21. The third-order valence-electron chi connectivity index (χ3n) is 6.27. The zero-order chi connectivity index (χ0) is 25.5. The number of aryl methyl sites for hydroxylation is 3. The molecule has 0 fully saturated rings. The average molecular weight is 503 g/mol. The molecular formula is C24H32F2N8O2. The lowest BCUT2D eigenvalue weighted by atomic mass is 10.1. The van der Waals surface area contributed by atoms with E-state index in [0.717, 1.165) is 43.7 Å². The largest absolute Gasteiger partial charge is 0.480 e. The molecule has 10 nitrogen and oxygen atoms in total. The van der Waals surface area contributed by atoms with Crippen molar-refractivity contribution < 1.29 is 18.7 Å². The van der Waals surface area contributed by atoms with E-state index in [9.17, 15) is 18.7 Å². The molecule has 0 radical (unpaired) electrons. The van der Waals surface area contributed by atoms with Crippen LogP contribution in [0.5, 0.6) is 0 Å².